The van der Waals surface area contributed by atoms with Crippen LogP contribution in [0, 0.1) is 5.92 Å². The number of aliphatic imine (C=N–C) groups is 1. The maximum Gasteiger partial charge on any atom is 0.132 e. The third-order valence-corrected chi connectivity index (χ3v) is 5.47. The Morgan fingerprint density at radius 2 is 2.20 bits per heavy atom. The van der Waals surface area contributed by atoms with E-state index in [1.54, 1.807) is 0 Å². The van der Waals surface area contributed by atoms with E-state index < -0.39 is 0 Å². The minimum absolute atomic E-state index is 0.312. The summed E-state index contributed by atoms with van der Waals surface area (Å²) in [6.07, 6.45) is 4.28. The van der Waals surface area contributed by atoms with E-state index in [1.165, 1.54) is 11.1 Å². The lowest BCUT2D eigenvalue weighted by Gasteiger charge is -2.34. The van der Waals surface area contributed by atoms with Crippen LogP contribution in [0.25, 0.3) is 0 Å². The van der Waals surface area contributed by atoms with Gasteiger partial charge in [-0.3, -0.25) is 0 Å². The number of hydrogen-bond acceptors (Lipinski definition) is 4. The van der Waals surface area contributed by atoms with E-state index in [2.05, 4.69) is 39.9 Å². The van der Waals surface area contributed by atoms with Crippen LogP contribution < -0.4 is 11.1 Å². The number of allylic oxidation sites excluding steroid dienone is 2. The van der Waals surface area contributed by atoms with E-state index in [0.29, 0.717) is 22.5 Å². The highest BCUT2D eigenvalue weighted by Gasteiger charge is 2.32. The molecule has 3 atom stereocenters. The molecule has 2 heterocycles. The zero-order valence-electron chi connectivity index (χ0n) is 13.2. The molecule has 20 heavy (non-hydrogen) atoms. The van der Waals surface area contributed by atoms with Crippen LogP contribution >= 0.6 is 11.8 Å². The Labute approximate surface area is 127 Å². The molecule has 0 bridgehead atoms. The molecule has 2 rings (SSSR count). The van der Waals surface area contributed by atoms with Gasteiger partial charge in [0.15, 0.2) is 0 Å². The van der Waals surface area contributed by atoms with Crippen molar-refractivity contribution in [1.29, 1.82) is 0 Å². The summed E-state index contributed by atoms with van der Waals surface area (Å²) in [4.78, 5) is 4.69. The molecule has 3 nitrogen and oxygen atoms in total. The van der Waals surface area contributed by atoms with Crippen LogP contribution in [-0.4, -0.2) is 22.8 Å². The summed E-state index contributed by atoms with van der Waals surface area (Å²) in [6.45, 7) is 11.0. The molecule has 2 aliphatic heterocycles. The Hall–Kier alpha value is -0.900. The van der Waals surface area contributed by atoms with E-state index in [4.69, 9.17) is 10.7 Å². The predicted molar refractivity (Wildman–Crippen MR) is 89.9 cm³/mol. The third-order valence-electron chi connectivity index (χ3n) is 4.17. The van der Waals surface area contributed by atoms with Crippen LogP contribution in [0.2, 0.25) is 0 Å². The van der Waals surface area contributed by atoms with Crippen LogP contribution in [0.4, 0.5) is 0 Å². The van der Waals surface area contributed by atoms with Gasteiger partial charge in [0.25, 0.3) is 0 Å². The van der Waals surface area contributed by atoms with Gasteiger partial charge in [-0.1, -0.05) is 27.7 Å². The number of nitrogens with two attached hydrogens (primary N) is 1. The maximum atomic E-state index is 6.46. The summed E-state index contributed by atoms with van der Waals surface area (Å²) in [5, 5.41) is 4.63. The molecular formula is C16H27N3S. The van der Waals surface area contributed by atoms with Gasteiger partial charge in [-0.2, -0.15) is 11.8 Å². The van der Waals surface area contributed by atoms with Crippen molar-refractivity contribution in [3.8, 4) is 0 Å². The average Bonchev–Trinajstić information content (AvgIpc) is 2.51. The molecule has 0 aliphatic carbocycles. The third kappa shape index (κ3) is 3.05. The zero-order valence-corrected chi connectivity index (χ0v) is 14.1. The first-order valence-electron chi connectivity index (χ1n) is 7.61. The van der Waals surface area contributed by atoms with Gasteiger partial charge < -0.3 is 11.1 Å². The number of rotatable bonds is 3. The summed E-state index contributed by atoms with van der Waals surface area (Å²) < 4.78 is 0. The molecule has 2 unspecified atom stereocenters. The van der Waals surface area contributed by atoms with Gasteiger partial charge in [-0.25, -0.2) is 4.99 Å². The zero-order chi connectivity index (χ0) is 14.9. The van der Waals surface area contributed by atoms with Gasteiger partial charge in [0.05, 0.1) is 0 Å². The standard InChI is InChI=1S/C16H27N3S/c1-6-12-7-13(20-9(2)3)14-15(17)11(5)10(4)8-18-16(14)19-12/h8-10,12-13,19H,6-7,17H2,1-5H3/t10-,12?,13?/m0/s1. The van der Waals surface area contributed by atoms with Gasteiger partial charge >= 0.3 is 0 Å². The monoisotopic (exact) mass is 293 g/mol. The minimum Gasteiger partial charge on any atom is -0.398 e. The molecule has 0 aromatic carbocycles. The van der Waals surface area contributed by atoms with Crippen LogP contribution in [0.1, 0.15) is 47.5 Å². The van der Waals surface area contributed by atoms with Crippen molar-refractivity contribution >= 4 is 18.0 Å². The molecule has 3 N–H and O–H groups in total. The summed E-state index contributed by atoms with van der Waals surface area (Å²) in [7, 11) is 0. The van der Waals surface area contributed by atoms with Crippen molar-refractivity contribution in [2.45, 2.75) is 64.0 Å². The summed E-state index contributed by atoms with van der Waals surface area (Å²) >= 11 is 2.01. The smallest absolute Gasteiger partial charge is 0.132 e. The second-order valence-corrected chi connectivity index (χ2v) is 7.87. The normalized spacial score (nSPS) is 30.4. The molecule has 0 aromatic heterocycles. The highest BCUT2D eigenvalue weighted by Crippen LogP contribution is 2.38. The van der Waals surface area contributed by atoms with Crippen LogP contribution in [-0.2, 0) is 0 Å². The fraction of sp³-hybridized carbons (Fsp3) is 0.688. The van der Waals surface area contributed by atoms with Crippen LogP contribution in [0.3, 0.4) is 0 Å². The predicted octanol–water partition coefficient (Wildman–Crippen LogP) is 3.43. The van der Waals surface area contributed by atoms with Crippen LogP contribution in [0.15, 0.2) is 27.7 Å². The molecule has 0 spiro atoms. The quantitative estimate of drug-likeness (QED) is 0.838. The molecule has 0 saturated heterocycles. The fourth-order valence-electron chi connectivity index (χ4n) is 2.74. The number of hydrogen-bond donors (Lipinski definition) is 2. The molecular weight excluding hydrogens is 266 g/mol. The van der Waals surface area contributed by atoms with E-state index in [1.807, 2.05) is 18.0 Å². The van der Waals surface area contributed by atoms with Crippen molar-refractivity contribution in [1.82, 2.24) is 5.32 Å². The van der Waals surface area contributed by atoms with Gasteiger partial charge in [0.2, 0.25) is 0 Å². The number of nitrogens with one attached hydrogen (secondary N) is 1. The first kappa shape index (κ1) is 15.5. The van der Waals surface area contributed by atoms with Crippen molar-refractivity contribution < 1.29 is 0 Å². The van der Waals surface area contributed by atoms with Crippen LogP contribution in [0.5, 0.6) is 0 Å². The van der Waals surface area contributed by atoms with E-state index in [9.17, 15) is 0 Å². The summed E-state index contributed by atoms with van der Waals surface area (Å²) in [6, 6.07) is 0.503. The lowest BCUT2D eigenvalue weighted by atomic mass is 9.93. The Morgan fingerprint density at radius 1 is 1.50 bits per heavy atom. The van der Waals surface area contributed by atoms with E-state index in [0.717, 1.165) is 24.4 Å². The van der Waals surface area contributed by atoms with E-state index >= 15 is 0 Å². The van der Waals surface area contributed by atoms with Crippen molar-refractivity contribution in [3.63, 3.8) is 0 Å². The highest BCUT2D eigenvalue weighted by molar-refractivity contribution is 8.00. The lowest BCUT2D eigenvalue weighted by Crippen LogP contribution is -2.39. The van der Waals surface area contributed by atoms with Gasteiger partial charge in [0, 0.05) is 34.7 Å². The molecule has 0 aromatic rings. The second-order valence-electron chi connectivity index (χ2n) is 6.08. The second kappa shape index (κ2) is 6.25. The van der Waals surface area contributed by atoms with Gasteiger partial charge in [-0.15, -0.1) is 0 Å². The minimum atomic E-state index is 0.312. The number of thioether (sulfide) groups is 1. The van der Waals surface area contributed by atoms with Crippen molar-refractivity contribution in [3.05, 3.63) is 22.7 Å². The molecule has 112 valence electrons. The molecule has 0 amide bonds. The molecule has 0 saturated carbocycles. The first-order valence-corrected chi connectivity index (χ1v) is 8.55. The Morgan fingerprint density at radius 3 is 2.80 bits per heavy atom. The van der Waals surface area contributed by atoms with Crippen molar-refractivity contribution in [2.24, 2.45) is 16.6 Å². The largest absolute Gasteiger partial charge is 0.398 e. The summed E-state index contributed by atoms with van der Waals surface area (Å²) in [5.41, 5.74) is 9.88. The molecule has 2 aliphatic rings. The fourth-order valence-corrected chi connectivity index (χ4v) is 4.12. The first-order chi connectivity index (χ1) is 9.43. The Bertz CT molecular complexity index is 462. The highest BCUT2D eigenvalue weighted by atomic mass is 32.2. The number of nitrogens with zero attached hydrogens (tertiary/aromatic N) is 1. The molecule has 0 fully saturated rings. The topological polar surface area (TPSA) is 50.4 Å². The maximum absolute atomic E-state index is 6.46. The van der Waals surface area contributed by atoms with Gasteiger partial charge in [0.1, 0.15) is 5.82 Å². The summed E-state index contributed by atoms with van der Waals surface area (Å²) in [5.74, 6) is 1.31. The average molecular weight is 293 g/mol. The SMILES string of the molecule is CCC1CC(SC(C)C)C2=C(N=C[C@H](C)C(C)=C2N)N1. The Balaban J connectivity index is 2.45. The Kier molecular flexibility index (Phi) is 4.84. The molecule has 4 heteroatoms. The van der Waals surface area contributed by atoms with Gasteiger partial charge in [-0.05, 0) is 30.6 Å². The molecule has 0 radical (unpaired) electrons. The van der Waals surface area contributed by atoms with E-state index in [-0.39, 0.29) is 0 Å². The lowest BCUT2D eigenvalue weighted by molar-refractivity contribution is 0.484. The van der Waals surface area contributed by atoms with Crippen molar-refractivity contribution in [2.75, 3.05) is 0 Å².